The molecule has 2 aromatic carbocycles. The summed E-state index contributed by atoms with van der Waals surface area (Å²) >= 11 is 0. The molecule has 0 radical (unpaired) electrons. The molecule has 9 heteroatoms. The van der Waals surface area contributed by atoms with Crippen LogP contribution in [0.4, 0.5) is 0 Å². The molecule has 2 N–H and O–H groups in total. The maximum Gasteiger partial charge on any atom is 0.314 e. The fourth-order valence-corrected chi connectivity index (χ4v) is 5.63. The number of hydrogen-bond acceptors (Lipinski definition) is 5. The van der Waals surface area contributed by atoms with Gasteiger partial charge in [-0.05, 0) is 74.4 Å². The predicted octanol–water partition coefficient (Wildman–Crippen LogP) is 2.65. The number of aromatic amines is 2. The molecule has 0 atom stereocenters. The second kappa shape index (κ2) is 9.30. The van der Waals surface area contributed by atoms with Gasteiger partial charge in [-0.3, -0.25) is 9.59 Å². The van der Waals surface area contributed by atoms with Crippen LogP contribution in [0.3, 0.4) is 0 Å². The molecule has 1 aromatic heterocycles. The Morgan fingerprint density at radius 3 is 2.28 bits per heavy atom. The SMILES string of the molecule is CCOc1ccc(CCC2CCN(S(=O)(=O)c3ccc4[nH]c(=O)c(=O)[nH]c4c3)CC2)cc1. The number of aromatic nitrogens is 2. The molecule has 0 unspecified atom stereocenters. The van der Waals surface area contributed by atoms with Gasteiger partial charge in [0, 0.05) is 13.1 Å². The number of fused-ring (bicyclic) bond motifs is 1. The highest BCUT2D eigenvalue weighted by atomic mass is 32.2. The first kappa shape index (κ1) is 22.3. The van der Waals surface area contributed by atoms with E-state index in [4.69, 9.17) is 4.74 Å². The Bertz CT molecular complexity index is 1300. The van der Waals surface area contributed by atoms with Gasteiger partial charge in [0.15, 0.2) is 0 Å². The molecule has 0 aliphatic carbocycles. The van der Waals surface area contributed by atoms with Crippen molar-refractivity contribution in [2.75, 3.05) is 19.7 Å². The molecule has 170 valence electrons. The van der Waals surface area contributed by atoms with Crippen LogP contribution in [-0.2, 0) is 16.4 Å². The second-order valence-corrected chi connectivity index (χ2v) is 10.0. The minimum absolute atomic E-state index is 0.112. The maximum absolute atomic E-state index is 13.1. The van der Waals surface area contributed by atoms with Gasteiger partial charge in [0.05, 0.1) is 22.5 Å². The first-order chi connectivity index (χ1) is 15.4. The molecular weight excluding hydrogens is 430 g/mol. The average Bonchev–Trinajstić information content (AvgIpc) is 2.79. The third-order valence-corrected chi connectivity index (χ3v) is 7.88. The summed E-state index contributed by atoms with van der Waals surface area (Å²) in [5.41, 5.74) is 0.370. The molecule has 1 fully saturated rings. The summed E-state index contributed by atoms with van der Waals surface area (Å²) in [6.07, 6.45) is 3.61. The Labute approximate surface area is 186 Å². The number of benzene rings is 2. The van der Waals surface area contributed by atoms with E-state index in [0.29, 0.717) is 36.6 Å². The Morgan fingerprint density at radius 1 is 0.969 bits per heavy atom. The monoisotopic (exact) mass is 457 g/mol. The van der Waals surface area contributed by atoms with Crippen molar-refractivity contribution in [3.63, 3.8) is 0 Å². The van der Waals surface area contributed by atoms with E-state index in [1.54, 1.807) is 0 Å². The normalized spacial score (nSPS) is 15.8. The second-order valence-electron chi connectivity index (χ2n) is 8.08. The van der Waals surface area contributed by atoms with Crippen LogP contribution in [0.15, 0.2) is 56.9 Å². The van der Waals surface area contributed by atoms with Crippen molar-refractivity contribution in [3.8, 4) is 5.75 Å². The van der Waals surface area contributed by atoms with Crippen molar-refractivity contribution in [1.82, 2.24) is 14.3 Å². The summed E-state index contributed by atoms with van der Waals surface area (Å²) < 4.78 is 33.2. The van der Waals surface area contributed by atoms with Crippen molar-refractivity contribution in [2.45, 2.75) is 37.5 Å². The summed E-state index contributed by atoms with van der Waals surface area (Å²) in [5, 5.41) is 0. The zero-order chi connectivity index (χ0) is 22.7. The standard InChI is InChI=1S/C23H27N3O5S/c1-2-31-18-7-5-16(6-8-18)3-4-17-11-13-26(14-12-17)32(29,30)19-9-10-20-21(15-19)25-23(28)22(27)24-20/h5-10,15,17H,2-4,11-14H2,1H3,(H,24,27)(H,25,28). The van der Waals surface area contributed by atoms with Gasteiger partial charge >= 0.3 is 11.1 Å². The zero-order valence-corrected chi connectivity index (χ0v) is 18.8. The number of sulfonamides is 1. The van der Waals surface area contributed by atoms with Crippen LogP contribution in [0.5, 0.6) is 5.75 Å². The highest BCUT2D eigenvalue weighted by Crippen LogP contribution is 2.27. The lowest BCUT2D eigenvalue weighted by atomic mass is 9.91. The molecule has 0 spiro atoms. The van der Waals surface area contributed by atoms with Gasteiger partial charge in [-0.2, -0.15) is 4.31 Å². The predicted molar refractivity (Wildman–Crippen MR) is 123 cm³/mol. The number of ether oxygens (including phenoxy) is 1. The largest absolute Gasteiger partial charge is 0.494 e. The molecule has 1 saturated heterocycles. The van der Waals surface area contributed by atoms with E-state index in [2.05, 4.69) is 22.1 Å². The van der Waals surface area contributed by atoms with Crippen LogP contribution in [-0.4, -0.2) is 42.4 Å². The van der Waals surface area contributed by atoms with Gasteiger partial charge in [-0.15, -0.1) is 0 Å². The lowest BCUT2D eigenvalue weighted by Gasteiger charge is -2.31. The van der Waals surface area contributed by atoms with E-state index in [1.807, 2.05) is 19.1 Å². The van der Waals surface area contributed by atoms with Crippen molar-refractivity contribution in [1.29, 1.82) is 0 Å². The Kier molecular flexibility index (Phi) is 6.48. The molecule has 2 heterocycles. The number of hydrogen-bond donors (Lipinski definition) is 2. The minimum atomic E-state index is -3.67. The molecule has 0 amide bonds. The summed E-state index contributed by atoms with van der Waals surface area (Å²) in [5.74, 6) is 1.35. The lowest BCUT2D eigenvalue weighted by molar-refractivity contribution is 0.263. The lowest BCUT2D eigenvalue weighted by Crippen LogP contribution is -2.38. The Morgan fingerprint density at radius 2 is 1.62 bits per heavy atom. The van der Waals surface area contributed by atoms with Crippen molar-refractivity contribution >= 4 is 21.1 Å². The summed E-state index contributed by atoms with van der Waals surface area (Å²) in [4.78, 5) is 28.0. The van der Waals surface area contributed by atoms with E-state index in [0.717, 1.165) is 31.4 Å². The number of H-pyrrole nitrogens is 2. The van der Waals surface area contributed by atoms with Crippen LogP contribution < -0.4 is 15.9 Å². The molecule has 1 aliphatic heterocycles. The molecule has 3 aromatic rings. The molecule has 0 saturated carbocycles. The number of aryl methyl sites for hydroxylation is 1. The highest BCUT2D eigenvalue weighted by molar-refractivity contribution is 7.89. The van der Waals surface area contributed by atoms with Crippen molar-refractivity contribution < 1.29 is 13.2 Å². The van der Waals surface area contributed by atoms with Crippen LogP contribution in [0.1, 0.15) is 31.7 Å². The van der Waals surface area contributed by atoms with Gasteiger partial charge < -0.3 is 14.7 Å². The third-order valence-electron chi connectivity index (χ3n) is 5.98. The molecule has 1 aliphatic rings. The van der Waals surface area contributed by atoms with Crippen molar-refractivity contribution in [2.24, 2.45) is 5.92 Å². The van der Waals surface area contributed by atoms with Gasteiger partial charge in [0.1, 0.15) is 5.75 Å². The maximum atomic E-state index is 13.1. The highest BCUT2D eigenvalue weighted by Gasteiger charge is 2.29. The number of nitrogens with one attached hydrogen (secondary N) is 2. The van der Waals surface area contributed by atoms with Crippen LogP contribution in [0.2, 0.25) is 0 Å². The van der Waals surface area contributed by atoms with Gasteiger partial charge in [-0.25, -0.2) is 8.42 Å². The first-order valence-electron chi connectivity index (χ1n) is 10.8. The van der Waals surface area contributed by atoms with E-state index < -0.39 is 21.1 Å². The van der Waals surface area contributed by atoms with Crippen LogP contribution in [0, 0.1) is 5.92 Å². The fourth-order valence-electron chi connectivity index (χ4n) is 4.13. The molecule has 8 nitrogen and oxygen atoms in total. The minimum Gasteiger partial charge on any atom is -0.494 e. The van der Waals surface area contributed by atoms with E-state index in [1.165, 1.54) is 28.1 Å². The molecular formula is C23H27N3O5S. The van der Waals surface area contributed by atoms with Crippen molar-refractivity contribution in [3.05, 3.63) is 68.7 Å². The van der Waals surface area contributed by atoms with Gasteiger partial charge in [0.2, 0.25) is 10.0 Å². The van der Waals surface area contributed by atoms with Gasteiger partial charge in [0.25, 0.3) is 0 Å². The quantitative estimate of drug-likeness (QED) is 0.530. The molecule has 32 heavy (non-hydrogen) atoms. The van der Waals surface area contributed by atoms with E-state index in [9.17, 15) is 18.0 Å². The molecule has 0 bridgehead atoms. The smallest absolute Gasteiger partial charge is 0.314 e. The molecule has 4 rings (SSSR count). The average molecular weight is 458 g/mol. The summed E-state index contributed by atoms with van der Waals surface area (Å²) in [7, 11) is -3.67. The van der Waals surface area contributed by atoms with Crippen LogP contribution >= 0.6 is 0 Å². The van der Waals surface area contributed by atoms with Crippen LogP contribution in [0.25, 0.3) is 11.0 Å². The summed E-state index contributed by atoms with van der Waals surface area (Å²) in [6, 6.07) is 12.5. The first-order valence-corrected chi connectivity index (χ1v) is 12.3. The number of rotatable bonds is 7. The van der Waals surface area contributed by atoms with E-state index >= 15 is 0 Å². The summed E-state index contributed by atoms with van der Waals surface area (Å²) in [6.45, 7) is 3.55. The van der Waals surface area contributed by atoms with Gasteiger partial charge in [-0.1, -0.05) is 12.1 Å². The van der Waals surface area contributed by atoms with E-state index in [-0.39, 0.29) is 4.90 Å². The topological polar surface area (TPSA) is 112 Å². The third kappa shape index (κ3) is 4.78. The number of piperidine rings is 1. The Balaban J connectivity index is 1.37. The fraction of sp³-hybridized carbons (Fsp3) is 0.391. The number of nitrogens with zero attached hydrogens (tertiary/aromatic N) is 1. The zero-order valence-electron chi connectivity index (χ0n) is 18.0. The Hall–Kier alpha value is -2.91.